The van der Waals surface area contributed by atoms with Gasteiger partial charge in [0.05, 0.1) is 97.7 Å². The second-order valence-corrected chi connectivity index (χ2v) is 43.0. The number of anilines is 4. The number of halogens is 8. The molecule has 18 heterocycles. The Morgan fingerprint density at radius 1 is 0.414 bits per heavy atom. The molecule has 0 amide bonds. The monoisotopic (exact) mass is 2480 g/mol. The molecule has 5 aromatic carbocycles. The minimum absolute atomic E-state index is 0. The summed E-state index contributed by atoms with van der Waals surface area (Å²) in [6.07, 6.45) is 19.5. The van der Waals surface area contributed by atoms with Gasteiger partial charge >= 0.3 is 36.7 Å². The summed E-state index contributed by atoms with van der Waals surface area (Å²) in [5.41, 5.74) is 18.2. The van der Waals surface area contributed by atoms with Gasteiger partial charge in [-0.3, -0.25) is 0 Å². The van der Waals surface area contributed by atoms with E-state index in [0.29, 0.717) is 35.9 Å². The third kappa shape index (κ3) is 37.4. The van der Waals surface area contributed by atoms with Gasteiger partial charge in [0.2, 0.25) is 0 Å². The van der Waals surface area contributed by atoms with Crippen molar-refractivity contribution < 1.29 is 98.4 Å². The number of H-pyrrole nitrogens is 4. The fourth-order valence-electron chi connectivity index (χ4n) is 13.4. The largest absolute Gasteiger partial charge is 1.00 e. The van der Waals surface area contributed by atoms with Gasteiger partial charge in [-0.1, -0.05) is 146 Å². The fraction of sp³-hybridized carbons (Fsp3) is 0.298. The zero-order valence-corrected chi connectivity index (χ0v) is 93.9. The summed E-state index contributed by atoms with van der Waals surface area (Å²) < 4.78 is 107. The molecule has 0 unspecified atom stereocenters. The molecule has 38 nitrogen and oxygen atoms in total. The molecule has 6 aliphatic heterocycles. The Balaban J connectivity index is 0.000000166. The Hall–Kier alpha value is -8.83. The molecule has 0 spiro atoms. The molecule has 764 valence electrons. The van der Waals surface area contributed by atoms with Crippen LogP contribution in [0.15, 0.2) is 241 Å². The van der Waals surface area contributed by atoms with Crippen LogP contribution >= 0.6 is 125 Å². The van der Waals surface area contributed by atoms with Crippen LogP contribution in [0, 0.1) is 11.1 Å². The van der Waals surface area contributed by atoms with Crippen molar-refractivity contribution in [2.24, 2.45) is 0 Å². The molecule has 6 saturated heterocycles. The number of hydrogen-bond acceptors (Lipinski definition) is 32. The van der Waals surface area contributed by atoms with E-state index in [2.05, 4.69) is 152 Å². The van der Waals surface area contributed by atoms with Gasteiger partial charge in [0.15, 0.2) is 11.3 Å². The van der Waals surface area contributed by atoms with Crippen LogP contribution in [0.25, 0.3) is 77.5 Å². The normalized spacial score (nSPS) is 14.2. The van der Waals surface area contributed by atoms with Gasteiger partial charge in [0.1, 0.15) is 92.8 Å². The van der Waals surface area contributed by atoms with Gasteiger partial charge < -0.3 is 90.1 Å². The maximum Gasteiger partial charge on any atom is 1.00 e. The first kappa shape index (κ1) is 118. The molecule has 145 heavy (non-hydrogen) atoms. The molecule has 6 aliphatic rings. The summed E-state index contributed by atoms with van der Waals surface area (Å²) in [6.45, 7) is 21.2. The van der Waals surface area contributed by atoms with Gasteiger partial charge in [0, 0.05) is 119 Å². The van der Waals surface area contributed by atoms with Gasteiger partial charge in [-0.25, -0.2) is 93.0 Å². The van der Waals surface area contributed by atoms with Crippen LogP contribution in [-0.2, 0) is 57.5 Å². The maximum absolute atomic E-state index is 12.7. The molecule has 0 bridgehead atoms. The van der Waals surface area contributed by atoms with Crippen molar-refractivity contribution in [2.45, 2.75) is 79.6 Å². The molecule has 11 N–H and O–H groups in total. The van der Waals surface area contributed by atoms with E-state index in [1.54, 1.807) is 143 Å². The molecule has 0 radical (unpaired) electrons. The number of ether oxygens (including phenoxy) is 6. The van der Waals surface area contributed by atoms with Crippen molar-refractivity contribution in [1.29, 1.82) is 0 Å². The number of nitrogen functional groups attached to an aromatic ring is 2. The maximum atomic E-state index is 12.7. The van der Waals surface area contributed by atoms with Crippen LogP contribution in [0.2, 0.25) is 20.6 Å². The predicted octanol–water partition coefficient (Wildman–Crippen LogP) is 12.2. The van der Waals surface area contributed by atoms with E-state index < -0.39 is 41.8 Å². The van der Waals surface area contributed by atoms with E-state index >= 15 is 0 Å². The summed E-state index contributed by atoms with van der Waals surface area (Å²) in [5.74, 6) is 1.97. The number of aromatic amines is 4. The van der Waals surface area contributed by atoms with Crippen molar-refractivity contribution >= 4 is 256 Å². The zero-order valence-electron chi connectivity index (χ0n) is 79.2. The predicted molar refractivity (Wildman–Crippen MR) is 587 cm³/mol. The van der Waals surface area contributed by atoms with Gasteiger partial charge in [-0.2, -0.15) is 0 Å². The minimum atomic E-state index is -3.71. The zero-order chi connectivity index (χ0) is 103. The molecule has 6 fully saturated rings. The third-order valence-corrected chi connectivity index (χ3v) is 28.6. The smallest absolute Gasteiger partial charge is 0.850 e. The van der Waals surface area contributed by atoms with Crippen molar-refractivity contribution in [3.63, 3.8) is 0 Å². The van der Waals surface area contributed by atoms with Crippen molar-refractivity contribution in [2.75, 3.05) is 140 Å². The number of aromatic nitrogens is 18. The number of fused-ring (bicyclic) bond motifs is 6. The van der Waals surface area contributed by atoms with Crippen molar-refractivity contribution in [3.8, 4) is 11.3 Å². The molecular weight excluding hydrogens is 2380 g/mol. The number of hydrogen-bond donors (Lipinski definition) is 9. The molecule has 51 heteroatoms. The second-order valence-electron chi connectivity index (χ2n) is 32.0. The van der Waals surface area contributed by atoms with Crippen LogP contribution in [0.5, 0.6) is 0 Å². The second kappa shape index (κ2) is 60.1. The topological polar surface area (TPSA) is 520 Å². The molecule has 0 saturated carbocycles. The van der Waals surface area contributed by atoms with E-state index in [-0.39, 0.29) is 65.8 Å². The van der Waals surface area contributed by atoms with Crippen molar-refractivity contribution in [1.82, 2.24) is 93.0 Å². The molecular formula is C94H105BCl5I3N23NaO15S3. The summed E-state index contributed by atoms with van der Waals surface area (Å²) in [4.78, 5) is 66.3. The number of benzene rings is 5. The van der Waals surface area contributed by atoms with E-state index in [0.717, 1.165) is 203 Å². The van der Waals surface area contributed by atoms with Crippen LogP contribution in [0.4, 0.5) is 23.0 Å². The van der Waals surface area contributed by atoms with Crippen LogP contribution in [0.3, 0.4) is 0 Å². The number of rotatable bonds is 9. The van der Waals surface area contributed by atoms with Gasteiger partial charge in [0.25, 0.3) is 29.1 Å². The Morgan fingerprint density at radius 3 is 1.21 bits per heavy atom. The quantitative estimate of drug-likeness (QED) is 0.0213. The first-order chi connectivity index (χ1) is 69.2. The Bertz CT molecular complexity index is 7130. The molecule has 23 rings (SSSR count). The van der Waals surface area contributed by atoms with Crippen LogP contribution < -0.4 is 66.7 Å². The summed E-state index contributed by atoms with van der Waals surface area (Å²) in [7, 11) is -7.28. The Labute approximate surface area is 926 Å². The van der Waals surface area contributed by atoms with Crippen LogP contribution in [-0.4, -0.2) is 254 Å². The number of nitrogens with zero attached hydrogens (tertiary/aromatic N) is 16. The third-order valence-electron chi connectivity index (χ3n) is 20.3. The first-order valence-corrected chi connectivity index (χ1v) is 54.8. The van der Waals surface area contributed by atoms with Gasteiger partial charge in [-0.05, 0) is 214 Å². The summed E-state index contributed by atoms with van der Waals surface area (Å²) in [6, 6.07) is 49.6. The van der Waals surface area contributed by atoms with E-state index in [1.165, 1.54) is 98.3 Å². The average Bonchev–Trinajstić information content (AvgIpc) is 1.50. The number of nitrogens with two attached hydrogens (primary N) is 2. The molecule has 17 aromatic rings. The standard InChI is InChI=1S/C16H17N5O.C12H7ClIN3O2S.C12H8ClN3O2S.C10H11IN4O.C6H8BNO2.C6H3ClIN3.C6H4ClN3.C6H5ClO2S.C4H9NO.3C4H8O.C4H9O.Na/c17-12-3-1-11(2-4-12)14-9-13-15(20-14)18-10-19-16(13)21-5-7-22-8-6-21;13-11-9-6-10(14)17(12(9)16-7-15-11)20(18,19)8-4-2-1-3-5-8;13-11-10-6-7-16(12(10)15-8-14-11)19(17,18)9-4-2-1-3-5-9;11-8-5-7-9(14-8)12-6-13-10(7)15-1-3-16-4-2-15;8-6-3-1-5(2-4-6)7(9)10;7-5-3-1-4(8)11-6(3)10-2-9-5;7-5-4-1-2-8-6(4)10-3-9-5;7-10(8,9)6-4-2-1-3-5-6;1-3-6-4-2-5-1;3*1-2-4-5-3-1;1-4(2,3)5;/h1-4,9-10H,5-8,17H2,(H,18,19,20);1-7H;1-8H;5-6H,1-4H2,(H,12,13,14);1-4,9-10H,8H2;1-2H,(H,9,10,11);1-3H,(H,8,9,10);1-5H;5H,1-4H2;3*1-4H2;1-3H3;/q;;;;;;;;;;;;-1;+1. The SMILES string of the molecule is C1CCOC1.C1CCOC1.C1CCOC1.C1COCCN1.CC(C)(C)[O-].Clc1ncnc2[nH]c(I)cc12.Clc1ncnc2[nH]ccc12.Ic1cc2c(N3CCOCC3)ncnc2[nH]1.Nc1ccc(-c2cc3c(N4CCOCC4)ncnc3[nH]2)cc1.Nc1ccc(B(O)O)cc1.O=S(=O)(Cl)c1ccccc1.O=S(=O)(c1ccccc1)n1c(I)cc2c(Cl)ncnc21.O=S(=O)(c1ccccc1)n1ccc2c(Cl)ncnc21.[Na+]. The fourth-order valence-corrected chi connectivity index (χ4v) is 20.1. The Morgan fingerprint density at radius 2 is 0.793 bits per heavy atom. The van der Waals surface area contributed by atoms with E-state index in [9.17, 15) is 30.4 Å². The van der Waals surface area contributed by atoms with E-state index in [4.69, 9.17) is 107 Å². The number of nitrogens with one attached hydrogen (secondary N) is 5. The molecule has 0 aliphatic carbocycles. The van der Waals surface area contributed by atoms with E-state index in [1.807, 2.05) is 59.0 Å². The van der Waals surface area contributed by atoms with Crippen LogP contribution in [0.1, 0.15) is 59.3 Å². The Kier molecular flexibility index (Phi) is 49.0. The minimum Gasteiger partial charge on any atom is -0.850 e. The summed E-state index contributed by atoms with van der Waals surface area (Å²) >= 11 is 29.8. The summed E-state index contributed by atoms with van der Waals surface area (Å²) in [5, 5.41) is 36.9. The first-order valence-electron chi connectivity index (χ1n) is 44.9. The van der Waals surface area contributed by atoms with Gasteiger partial charge in [-0.15, -0.1) is 5.60 Å². The molecule has 12 aromatic heterocycles. The molecule has 0 atom stereocenters. The number of morpholine rings is 3. The average molecular weight is 2480 g/mol. The van der Waals surface area contributed by atoms with Crippen molar-refractivity contribution in [3.05, 3.63) is 258 Å².